The monoisotopic (exact) mass is 271 g/mol. The van der Waals surface area contributed by atoms with Crippen LogP contribution in [0.15, 0.2) is 24.3 Å². The largest absolute Gasteiger partial charge is 0.506 e. The molecule has 1 unspecified atom stereocenters. The molecule has 5 heteroatoms. The number of carbonyl (C=O) groups excluding carboxylic acids is 1. The summed E-state index contributed by atoms with van der Waals surface area (Å²) in [6.45, 7) is 4.56. The number of fused-ring (bicyclic) bond motifs is 1. The van der Waals surface area contributed by atoms with E-state index in [0.29, 0.717) is 23.8 Å². The summed E-state index contributed by atoms with van der Waals surface area (Å²) in [5, 5.41) is 16.9. The Morgan fingerprint density at radius 2 is 2.30 bits per heavy atom. The Hall–Kier alpha value is -2.30. The number of phenolic OH excluding ortho intramolecular Hbond substituents is 1. The predicted octanol–water partition coefficient (Wildman–Crippen LogP) is 2.58. The van der Waals surface area contributed by atoms with Gasteiger partial charge in [-0.15, -0.1) is 0 Å². The Kier molecular flexibility index (Phi) is 2.97. The lowest BCUT2D eigenvalue weighted by Gasteiger charge is -2.32. The molecule has 0 bridgehead atoms. The molecule has 1 amide bonds. The first-order valence-electron chi connectivity index (χ1n) is 6.73. The van der Waals surface area contributed by atoms with Crippen LogP contribution in [0.4, 0.5) is 5.69 Å². The Morgan fingerprint density at radius 3 is 3.00 bits per heavy atom. The molecule has 0 aliphatic carbocycles. The standard InChI is InChI=1S/C15H17N3O2/c1-9-6-7-18(14-11(9)4-3-5-13(14)19)15(20)12-8-10(2)16-17-12/h3-5,8-9,19H,6-7H2,1-2H3,(H,16,17). The molecule has 1 aromatic heterocycles. The summed E-state index contributed by atoms with van der Waals surface area (Å²) in [5.41, 5.74) is 2.86. The molecule has 1 aromatic carbocycles. The van der Waals surface area contributed by atoms with Crippen LogP contribution in [0.25, 0.3) is 0 Å². The summed E-state index contributed by atoms with van der Waals surface area (Å²) in [6.07, 6.45) is 0.881. The van der Waals surface area contributed by atoms with Gasteiger partial charge in [0.1, 0.15) is 5.75 Å². The number of phenols is 1. The molecule has 3 rings (SSSR count). The quantitative estimate of drug-likeness (QED) is 0.837. The second-order valence-electron chi connectivity index (χ2n) is 5.30. The summed E-state index contributed by atoms with van der Waals surface area (Å²) in [5.74, 6) is 0.306. The fourth-order valence-electron chi connectivity index (χ4n) is 2.70. The van der Waals surface area contributed by atoms with Gasteiger partial charge in [-0.05, 0) is 37.0 Å². The topological polar surface area (TPSA) is 69.2 Å². The zero-order chi connectivity index (χ0) is 14.3. The van der Waals surface area contributed by atoms with Crippen molar-refractivity contribution in [3.05, 3.63) is 41.2 Å². The van der Waals surface area contributed by atoms with E-state index in [-0.39, 0.29) is 11.7 Å². The highest BCUT2D eigenvalue weighted by atomic mass is 16.3. The number of aromatic amines is 1. The minimum absolute atomic E-state index is 0.148. The molecule has 0 saturated heterocycles. The maximum atomic E-state index is 12.6. The number of nitrogens with one attached hydrogen (secondary N) is 1. The molecule has 0 spiro atoms. The summed E-state index contributed by atoms with van der Waals surface area (Å²) in [7, 11) is 0. The molecule has 104 valence electrons. The van der Waals surface area contributed by atoms with Crippen LogP contribution in [-0.2, 0) is 0 Å². The van der Waals surface area contributed by atoms with Gasteiger partial charge >= 0.3 is 0 Å². The van der Waals surface area contributed by atoms with Crippen molar-refractivity contribution in [3.63, 3.8) is 0 Å². The Balaban J connectivity index is 2.04. The highest BCUT2D eigenvalue weighted by molar-refractivity contribution is 6.06. The number of rotatable bonds is 1. The van der Waals surface area contributed by atoms with E-state index in [1.807, 2.05) is 19.1 Å². The normalized spacial score (nSPS) is 17.9. The van der Waals surface area contributed by atoms with E-state index in [4.69, 9.17) is 0 Å². The first-order valence-corrected chi connectivity index (χ1v) is 6.73. The third-order valence-corrected chi connectivity index (χ3v) is 3.80. The summed E-state index contributed by atoms with van der Waals surface area (Å²) < 4.78 is 0. The fourth-order valence-corrected chi connectivity index (χ4v) is 2.70. The smallest absolute Gasteiger partial charge is 0.278 e. The number of para-hydroxylation sites is 1. The third-order valence-electron chi connectivity index (χ3n) is 3.80. The van der Waals surface area contributed by atoms with Gasteiger partial charge in [-0.1, -0.05) is 19.1 Å². The zero-order valence-corrected chi connectivity index (χ0v) is 11.6. The van der Waals surface area contributed by atoms with E-state index >= 15 is 0 Å². The highest BCUT2D eigenvalue weighted by Crippen LogP contribution is 2.41. The van der Waals surface area contributed by atoms with E-state index in [1.165, 1.54) is 0 Å². The number of hydrogen-bond acceptors (Lipinski definition) is 3. The minimum atomic E-state index is -0.177. The van der Waals surface area contributed by atoms with Crippen LogP contribution >= 0.6 is 0 Å². The minimum Gasteiger partial charge on any atom is -0.506 e. The van der Waals surface area contributed by atoms with Gasteiger partial charge in [-0.2, -0.15) is 5.10 Å². The molecule has 1 aliphatic heterocycles. The van der Waals surface area contributed by atoms with E-state index in [0.717, 1.165) is 17.7 Å². The lowest BCUT2D eigenvalue weighted by atomic mass is 9.91. The molecule has 5 nitrogen and oxygen atoms in total. The number of benzene rings is 1. The second-order valence-corrected chi connectivity index (χ2v) is 5.30. The van der Waals surface area contributed by atoms with Crippen LogP contribution in [-0.4, -0.2) is 27.8 Å². The Labute approximate surface area is 117 Å². The molecule has 0 fully saturated rings. The van der Waals surface area contributed by atoms with Crippen LogP contribution in [0, 0.1) is 6.92 Å². The van der Waals surface area contributed by atoms with E-state index in [1.54, 1.807) is 17.0 Å². The molecular weight excluding hydrogens is 254 g/mol. The van der Waals surface area contributed by atoms with Crippen molar-refractivity contribution >= 4 is 11.6 Å². The van der Waals surface area contributed by atoms with Crippen LogP contribution in [0.2, 0.25) is 0 Å². The Bertz CT molecular complexity index is 663. The summed E-state index contributed by atoms with van der Waals surface area (Å²) in [6, 6.07) is 7.12. The average molecular weight is 271 g/mol. The number of aryl methyl sites for hydroxylation is 1. The van der Waals surface area contributed by atoms with Crippen molar-refractivity contribution in [2.45, 2.75) is 26.2 Å². The van der Waals surface area contributed by atoms with Gasteiger partial charge in [0, 0.05) is 12.2 Å². The number of aromatic hydroxyl groups is 1. The molecule has 1 atom stereocenters. The number of carbonyl (C=O) groups is 1. The van der Waals surface area contributed by atoms with Crippen LogP contribution < -0.4 is 4.90 Å². The lowest BCUT2D eigenvalue weighted by molar-refractivity contribution is 0.0978. The van der Waals surface area contributed by atoms with Gasteiger partial charge in [0.05, 0.1) is 5.69 Å². The number of aromatic nitrogens is 2. The zero-order valence-electron chi connectivity index (χ0n) is 11.6. The maximum Gasteiger partial charge on any atom is 0.278 e. The molecule has 2 N–H and O–H groups in total. The number of amides is 1. The summed E-state index contributed by atoms with van der Waals surface area (Å²) in [4.78, 5) is 14.2. The Morgan fingerprint density at radius 1 is 1.50 bits per heavy atom. The van der Waals surface area contributed by atoms with Gasteiger partial charge in [0.15, 0.2) is 5.69 Å². The van der Waals surface area contributed by atoms with Crippen molar-refractivity contribution in [1.82, 2.24) is 10.2 Å². The van der Waals surface area contributed by atoms with E-state index in [2.05, 4.69) is 17.1 Å². The lowest BCUT2D eigenvalue weighted by Crippen LogP contribution is -2.36. The molecule has 0 saturated carbocycles. The van der Waals surface area contributed by atoms with Crippen molar-refractivity contribution < 1.29 is 9.90 Å². The third kappa shape index (κ3) is 1.95. The average Bonchev–Trinajstić information content (AvgIpc) is 2.86. The van der Waals surface area contributed by atoms with Crippen molar-refractivity contribution in [1.29, 1.82) is 0 Å². The van der Waals surface area contributed by atoms with E-state index < -0.39 is 0 Å². The first kappa shape index (κ1) is 12.7. The SMILES string of the molecule is Cc1cc(C(=O)N2CCC(C)c3cccc(O)c32)n[nH]1. The summed E-state index contributed by atoms with van der Waals surface area (Å²) >= 11 is 0. The van der Waals surface area contributed by atoms with Crippen LogP contribution in [0.3, 0.4) is 0 Å². The van der Waals surface area contributed by atoms with E-state index in [9.17, 15) is 9.90 Å². The maximum absolute atomic E-state index is 12.6. The first-order chi connectivity index (χ1) is 9.58. The molecule has 2 heterocycles. The number of nitrogens with zero attached hydrogens (tertiary/aromatic N) is 2. The second kappa shape index (κ2) is 4.67. The number of H-pyrrole nitrogens is 1. The molecule has 2 aromatic rings. The van der Waals surface area contributed by atoms with Gasteiger partial charge < -0.3 is 10.0 Å². The van der Waals surface area contributed by atoms with Gasteiger partial charge in [0.25, 0.3) is 5.91 Å². The molecular formula is C15H17N3O2. The molecule has 1 aliphatic rings. The number of hydrogen-bond donors (Lipinski definition) is 2. The van der Waals surface area contributed by atoms with Crippen LogP contribution in [0.1, 0.15) is 41.0 Å². The predicted molar refractivity (Wildman–Crippen MR) is 76.1 cm³/mol. The van der Waals surface area contributed by atoms with Crippen molar-refractivity contribution in [2.24, 2.45) is 0 Å². The van der Waals surface area contributed by atoms with Crippen LogP contribution in [0.5, 0.6) is 5.75 Å². The molecule has 20 heavy (non-hydrogen) atoms. The van der Waals surface area contributed by atoms with Gasteiger partial charge in [0.2, 0.25) is 0 Å². The van der Waals surface area contributed by atoms with Gasteiger partial charge in [-0.25, -0.2) is 0 Å². The van der Waals surface area contributed by atoms with Crippen molar-refractivity contribution in [3.8, 4) is 5.75 Å². The highest BCUT2D eigenvalue weighted by Gasteiger charge is 2.30. The fraction of sp³-hybridized carbons (Fsp3) is 0.333. The number of anilines is 1. The van der Waals surface area contributed by atoms with Gasteiger partial charge in [-0.3, -0.25) is 9.89 Å². The van der Waals surface area contributed by atoms with Crippen molar-refractivity contribution in [2.75, 3.05) is 11.4 Å². The molecule has 0 radical (unpaired) electrons.